The van der Waals surface area contributed by atoms with Gasteiger partial charge >= 0.3 is 0 Å². The van der Waals surface area contributed by atoms with Gasteiger partial charge < -0.3 is 5.73 Å². The van der Waals surface area contributed by atoms with Crippen LogP contribution in [0.3, 0.4) is 0 Å². The Morgan fingerprint density at radius 3 is 2.62 bits per heavy atom. The highest BCUT2D eigenvalue weighted by Gasteiger charge is 2.22. The van der Waals surface area contributed by atoms with E-state index in [0.717, 1.165) is 38.0 Å². The van der Waals surface area contributed by atoms with Crippen LogP contribution in [0.25, 0.3) is 0 Å². The molecule has 1 fully saturated rings. The number of nitrogens with two attached hydrogens (primary N) is 1. The Kier molecular flexibility index (Phi) is 7.25. The Hall–Kier alpha value is -0.860. The first-order chi connectivity index (χ1) is 10.3. The van der Waals surface area contributed by atoms with Gasteiger partial charge in [-0.1, -0.05) is 56.5 Å². The Balaban J connectivity index is 1.97. The third kappa shape index (κ3) is 5.44. The van der Waals surface area contributed by atoms with Crippen LogP contribution in [0.2, 0.25) is 0 Å². The molecule has 118 valence electrons. The van der Waals surface area contributed by atoms with Gasteiger partial charge in [-0.25, -0.2) is 0 Å². The molecule has 2 heteroatoms. The van der Waals surface area contributed by atoms with Crippen molar-refractivity contribution in [2.45, 2.75) is 64.5 Å². The van der Waals surface area contributed by atoms with Gasteiger partial charge in [-0.05, 0) is 50.3 Å². The van der Waals surface area contributed by atoms with Crippen molar-refractivity contribution < 1.29 is 0 Å². The summed E-state index contributed by atoms with van der Waals surface area (Å²) in [4.78, 5) is 2.69. The van der Waals surface area contributed by atoms with Crippen molar-refractivity contribution in [2.24, 2.45) is 11.7 Å². The molecule has 0 saturated heterocycles. The van der Waals surface area contributed by atoms with Crippen LogP contribution in [-0.4, -0.2) is 24.0 Å². The Morgan fingerprint density at radius 1 is 1.10 bits per heavy atom. The first kappa shape index (κ1) is 16.5. The molecular formula is C19H32N2. The molecule has 1 aliphatic rings. The van der Waals surface area contributed by atoms with Crippen LogP contribution in [0.4, 0.5) is 0 Å². The van der Waals surface area contributed by atoms with Crippen LogP contribution in [0, 0.1) is 5.92 Å². The van der Waals surface area contributed by atoms with E-state index in [-0.39, 0.29) is 0 Å². The molecular weight excluding hydrogens is 256 g/mol. The topological polar surface area (TPSA) is 29.3 Å². The zero-order valence-electron chi connectivity index (χ0n) is 13.6. The lowest BCUT2D eigenvalue weighted by Crippen LogP contribution is -2.36. The summed E-state index contributed by atoms with van der Waals surface area (Å²) >= 11 is 0. The molecule has 2 rings (SSSR count). The minimum atomic E-state index is 0.758. The van der Waals surface area contributed by atoms with Gasteiger partial charge in [0.15, 0.2) is 0 Å². The van der Waals surface area contributed by atoms with Crippen molar-refractivity contribution in [3.63, 3.8) is 0 Å². The molecule has 21 heavy (non-hydrogen) atoms. The first-order valence-corrected chi connectivity index (χ1v) is 8.81. The molecule has 0 radical (unpaired) electrons. The van der Waals surface area contributed by atoms with Gasteiger partial charge in [0, 0.05) is 12.6 Å². The SMILES string of the molecule is CCC1CCCC(N(CCCN)Cc2ccccc2)CC1. The van der Waals surface area contributed by atoms with E-state index in [2.05, 4.69) is 42.2 Å². The lowest BCUT2D eigenvalue weighted by atomic mass is 9.97. The van der Waals surface area contributed by atoms with Crippen LogP contribution < -0.4 is 5.73 Å². The fourth-order valence-corrected chi connectivity index (χ4v) is 3.64. The largest absolute Gasteiger partial charge is 0.330 e. The normalized spacial score (nSPS) is 23.2. The molecule has 1 aromatic carbocycles. The highest BCUT2D eigenvalue weighted by atomic mass is 15.1. The Morgan fingerprint density at radius 2 is 1.90 bits per heavy atom. The molecule has 0 spiro atoms. The van der Waals surface area contributed by atoms with Crippen molar-refractivity contribution in [2.75, 3.05) is 13.1 Å². The van der Waals surface area contributed by atoms with Crippen LogP contribution in [0.5, 0.6) is 0 Å². The van der Waals surface area contributed by atoms with Gasteiger partial charge in [-0.2, -0.15) is 0 Å². The van der Waals surface area contributed by atoms with Gasteiger partial charge in [0.05, 0.1) is 0 Å². The maximum Gasteiger partial charge on any atom is 0.0236 e. The van der Waals surface area contributed by atoms with Gasteiger partial charge in [-0.3, -0.25) is 4.90 Å². The second-order valence-corrected chi connectivity index (χ2v) is 6.53. The number of hydrogen-bond acceptors (Lipinski definition) is 2. The molecule has 1 saturated carbocycles. The van der Waals surface area contributed by atoms with Crippen molar-refractivity contribution >= 4 is 0 Å². The lowest BCUT2D eigenvalue weighted by Gasteiger charge is -2.31. The van der Waals surface area contributed by atoms with Crippen molar-refractivity contribution in [3.05, 3.63) is 35.9 Å². The summed E-state index contributed by atoms with van der Waals surface area (Å²) in [5.41, 5.74) is 7.18. The van der Waals surface area contributed by atoms with Crippen LogP contribution in [0.15, 0.2) is 30.3 Å². The number of benzene rings is 1. The average Bonchev–Trinajstić information content (AvgIpc) is 2.78. The highest BCUT2D eigenvalue weighted by molar-refractivity contribution is 5.14. The molecule has 2 N–H and O–H groups in total. The van der Waals surface area contributed by atoms with E-state index in [1.807, 2.05) is 0 Å². The quantitative estimate of drug-likeness (QED) is 0.762. The van der Waals surface area contributed by atoms with Crippen LogP contribution in [-0.2, 0) is 6.54 Å². The third-order valence-corrected chi connectivity index (χ3v) is 5.03. The lowest BCUT2D eigenvalue weighted by molar-refractivity contribution is 0.168. The predicted octanol–water partition coefficient (Wildman–Crippen LogP) is 4.20. The zero-order valence-corrected chi connectivity index (χ0v) is 13.6. The minimum absolute atomic E-state index is 0.758. The van der Waals surface area contributed by atoms with Crippen LogP contribution >= 0.6 is 0 Å². The average molecular weight is 288 g/mol. The van der Waals surface area contributed by atoms with E-state index in [0.29, 0.717) is 0 Å². The summed E-state index contributed by atoms with van der Waals surface area (Å²) in [5.74, 6) is 0.961. The maximum atomic E-state index is 5.75. The summed E-state index contributed by atoms with van der Waals surface area (Å²) in [6.07, 6.45) is 9.45. The number of nitrogens with zero attached hydrogens (tertiary/aromatic N) is 1. The molecule has 0 heterocycles. The minimum Gasteiger partial charge on any atom is -0.330 e. The van der Waals surface area contributed by atoms with E-state index < -0.39 is 0 Å². The molecule has 0 aromatic heterocycles. The fraction of sp³-hybridized carbons (Fsp3) is 0.684. The molecule has 0 amide bonds. The summed E-state index contributed by atoms with van der Waals surface area (Å²) in [7, 11) is 0. The number of rotatable bonds is 7. The Bertz CT molecular complexity index is 376. The van der Waals surface area contributed by atoms with Gasteiger partial charge in [0.25, 0.3) is 0 Å². The van der Waals surface area contributed by atoms with Crippen LogP contribution in [0.1, 0.15) is 57.4 Å². The standard InChI is InChI=1S/C19H32N2/c1-2-17-10-6-11-19(13-12-17)21(15-7-14-20)16-18-8-4-3-5-9-18/h3-5,8-9,17,19H,2,6-7,10-16,20H2,1H3. The molecule has 1 aromatic rings. The first-order valence-electron chi connectivity index (χ1n) is 8.81. The monoisotopic (exact) mass is 288 g/mol. The molecule has 0 aliphatic heterocycles. The number of hydrogen-bond donors (Lipinski definition) is 1. The van der Waals surface area contributed by atoms with E-state index in [4.69, 9.17) is 5.73 Å². The molecule has 2 atom stereocenters. The second-order valence-electron chi connectivity index (χ2n) is 6.53. The van der Waals surface area contributed by atoms with Crippen molar-refractivity contribution in [1.29, 1.82) is 0 Å². The van der Waals surface area contributed by atoms with Gasteiger partial charge in [0.1, 0.15) is 0 Å². The molecule has 0 bridgehead atoms. The van der Waals surface area contributed by atoms with E-state index in [9.17, 15) is 0 Å². The Labute approximate surface area is 130 Å². The third-order valence-electron chi connectivity index (χ3n) is 5.03. The predicted molar refractivity (Wildman–Crippen MR) is 91.2 cm³/mol. The van der Waals surface area contributed by atoms with Gasteiger partial charge in [-0.15, -0.1) is 0 Å². The van der Waals surface area contributed by atoms with E-state index in [1.54, 1.807) is 0 Å². The van der Waals surface area contributed by atoms with Gasteiger partial charge in [0.2, 0.25) is 0 Å². The fourth-order valence-electron chi connectivity index (χ4n) is 3.64. The summed E-state index contributed by atoms with van der Waals surface area (Å²) in [5, 5.41) is 0. The van der Waals surface area contributed by atoms with E-state index in [1.165, 1.54) is 44.1 Å². The zero-order chi connectivity index (χ0) is 14.9. The smallest absolute Gasteiger partial charge is 0.0236 e. The van der Waals surface area contributed by atoms with E-state index >= 15 is 0 Å². The highest BCUT2D eigenvalue weighted by Crippen LogP contribution is 2.29. The summed E-state index contributed by atoms with van der Waals surface area (Å²) in [6, 6.07) is 11.7. The summed E-state index contributed by atoms with van der Waals surface area (Å²) in [6.45, 7) is 5.38. The van der Waals surface area contributed by atoms with Crippen molar-refractivity contribution in [3.8, 4) is 0 Å². The maximum absolute atomic E-state index is 5.75. The molecule has 2 nitrogen and oxygen atoms in total. The second kappa shape index (κ2) is 9.22. The molecule has 2 unspecified atom stereocenters. The van der Waals surface area contributed by atoms with Crippen molar-refractivity contribution in [1.82, 2.24) is 4.90 Å². The molecule has 1 aliphatic carbocycles. The summed E-state index contributed by atoms with van der Waals surface area (Å²) < 4.78 is 0.